The van der Waals surface area contributed by atoms with Crippen LogP contribution in [0.5, 0.6) is 0 Å². The summed E-state index contributed by atoms with van der Waals surface area (Å²) >= 11 is 0. The molecule has 0 spiro atoms. The van der Waals surface area contributed by atoms with Gasteiger partial charge in [-0.25, -0.2) is 0 Å². The van der Waals surface area contributed by atoms with Gasteiger partial charge in [0, 0.05) is 0 Å². The normalized spacial score (nSPS) is 29.4. The lowest BCUT2D eigenvalue weighted by molar-refractivity contribution is 0.0505. The van der Waals surface area contributed by atoms with Crippen molar-refractivity contribution in [3.63, 3.8) is 0 Å². The highest BCUT2D eigenvalue weighted by Gasteiger charge is 2.25. The van der Waals surface area contributed by atoms with Gasteiger partial charge in [0.2, 0.25) is 5.95 Å². The van der Waals surface area contributed by atoms with Gasteiger partial charge in [-0.3, -0.25) is 5.10 Å². The van der Waals surface area contributed by atoms with E-state index in [1.165, 1.54) is 0 Å². The van der Waals surface area contributed by atoms with E-state index in [2.05, 4.69) is 22.1 Å². The number of aromatic amines is 1. The number of H-pyrrole nitrogens is 1. The summed E-state index contributed by atoms with van der Waals surface area (Å²) in [6.45, 7) is 2.06. The van der Waals surface area contributed by atoms with E-state index in [0.717, 1.165) is 18.7 Å². The third-order valence-electron chi connectivity index (χ3n) is 2.06. The summed E-state index contributed by atoms with van der Waals surface area (Å²) in [5.41, 5.74) is 5.37. The molecule has 0 bridgehead atoms. The van der Waals surface area contributed by atoms with Gasteiger partial charge in [0.25, 0.3) is 0 Å². The number of nitrogens with two attached hydrogens (primary N) is 1. The molecule has 1 aromatic heterocycles. The fourth-order valence-electron chi connectivity index (χ4n) is 1.44. The molecule has 1 aliphatic heterocycles. The molecule has 66 valence electrons. The Kier molecular flexibility index (Phi) is 1.73. The van der Waals surface area contributed by atoms with Crippen molar-refractivity contribution in [2.75, 3.05) is 5.73 Å². The fraction of sp³-hybridized carbons (Fsp3) is 0.714. The number of rotatable bonds is 1. The van der Waals surface area contributed by atoms with Crippen molar-refractivity contribution < 1.29 is 4.74 Å². The highest BCUT2D eigenvalue weighted by Crippen LogP contribution is 2.30. The second kappa shape index (κ2) is 2.75. The average Bonchev–Trinajstić information content (AvgIpc) is 2.58. The maximum Gasteiger partial charge on any atom is 0.239 e. The van der Waals surface area contributed by atoms with Crippen molar-refractivity contribution in [2.45, 2.75) is 32.0 Å². The summed E-state index contributed by atoms with van der Waals surface area (Å²) in [4.78, 5) is 4.01. The smallest absolute Gasteiger partial charge is 0.239 e. The van der Waals surface area contributed by atoms with Crippen LogP contribution in [-0.4, -0.2) is 21.3 Å². The molecule has 3 N–H and O–H groups in total. The molecule has 0 aliphatic carbocycles. The minimum atomic E-state index is 0.0600. The molecule has 2 unspecified atom stereocenters. The molecule has 0 radical (unpaired) electrons. The van der Waals surface area contributed by atoms with Gasteiger partial charge in [0.05, 0.1) is 6.10 Å². The first kappa shape index (κ1) is 7.54. The summed E-state index contributed by atoms with van der Waals surface area (Å²) in [5.74, 6) is 1.03. The number of anilines is 1. The van der Waals surface area contributed by atoms with Crippen LogP contribution < -0.4 is 5.73 Å². The minimum Gasteiger partial charge on any atom is -0.367 e. The summed E-state index contributed by atoms with van der Waals surface area (Å²) in [6, 6.07) is 0. The third kappa shape index (κ3) is 1.27. The van der Waals surface area contributed by atoms with E-state index in [1.807, 2.05) is 0 Å². The van der Waals surface area contributed by atoms with Crippen molar-refractivity contribution in [2.24, 2.45) is 0 Å². The Morgan fingerprint density at radius 2 is 2.42 bits per heavy atom. The first-order valence-electron chi connectivity index (χ1n) is 4.09. The molecule has 1 saturated heterocycles. The summed E-state index contributed by atoms with van der Waals surface area (Å²) in [6.07, 6.45) is 2.45. The SMILES string of the molecule is CC1CCC(c2nc(N)n[nH]2)O1. The Bertz CT molecular complexity index is 272. The zero-order chi connectivity index (χ0) is 8.55. The molecule has 0 aromatic carbocycles. The molecule has 1 aromatic rings. The van der Waals surface area contributed by atoms with E-state index in [4.69, 9.17) is 10.5 Å². The van der Waals surface area contributed by atoms with E-state index < -0.39 is 0 Å². The van der Waals surface area contributed by atoms with Crippen molar-refractivity contribution in [1.82, 2.24) is 15.2 Å². The number of nitrogens with zero attached hydrogens (tertiary/aromatic N) is 2. The van der Waals surface area contributed by atoms with E-state index in [9.17, 15) is 0 Å². The van der Waals surface area contributed by atoms with Gasteiger partial charge in [-0.05, 0) is 19.8 Å². The van der Waals surface area contributed by atoms with Crippen LogP contribution in [0.15, 0.2) is 0 Å². The molecule has 1 fully saturated rings. The van der Waals surface area contributed by atoms with Gasteiger partial charge in [0.15, 0.2) is 5.82 Å². The second-order valence-corrected chi connectivity index (χ2v) is 3.09. The van der Waals surface area contributed by atoms with Crippen LogP contribution in [0.2, 0.25) is 0 Å². The van der Waals surface area contributed by atoms with Crippen LogP contribution in [0.3, 0.4) is 0 Å². The topological polar surface area (TPSA) is 76.8 Å². The van der Waals surface area contributed by atoms with E-state index >= 15 is 0 Å². The molecular weight excluding hydrogens is 156 g/mol. The summed E-state index contributed by atoms with van der Waals surface area (Å²) in [7, 11) is 0. The van der Waals surface area contributed by atoms with E-state index in [1.54, 1.807) is 0 Å². The predicted octanol–water partition coefficient (Wildman–Crippen LogP) is 0.627. The lowest BCUT2D eigenvalue weighted by Gasteiger charge is -2.05. The van der Waals surface area contributed by atoms with Crippen LogP contribution in [0.1, 0.15) is 31.7 Å². The zero-order valence-electron chi connectivity index (χ0n) is 6.95. The molecule has 12 heavy (non-hydrogen) atoms. The van der Waals surface area contributed by atoms with Crippen molar-refractivity contribution in [3.8, 4) is 0 Å². The molecule has 2 rings (SSSR count). The molecule has 5 nitrogen and oxygen atoms in total. The predicted molar refractivity (Wildman–Crippen MR) is 43.3 cm³/mol. The van der Waals surface area contributed by atoms with Crippen molar-refractivity contribution in [3.05, 3.63) is 5.82 Å². The maximum atomic E-state index is 5.57. The molecule has 5 heteroatoms. The van der Waals surface area contributed by atoms with Crippen LogP contribution in [0.25, 0.3) is 0 Å². The Hall–Kier alpha value is -1.10. The Morgan fingerprint density at radius 3 is 2.92 bits per heavy atom. The number of ether oxygens (including phenoxy) is 1. The quantitative estimate of drug-likeness (QED) is 0.644. The molecule has 2 heterocycles. The van der Waals surface area contributed by atoms with E-state index in [0.29, 0.717) is 6.10 Å². The first-order chi connectivity index (χ1) is 5.75. The van der Waals surface area contributed by atoms with Gasteiger partial charge in [-0.15, -0.1) is 5.10 Å². The Morgan fingerprint density at radius 1 is 1.58 bits per heavy atom. The monoisotopic (exact) mass is 168 g/mol. The van der Waals surface area contributed by atoms with Crippen molar-refractivity contribution >= 4 is 5.95 Å². The largest absolute Gasteiger partial charge is 0.367 e. The van der Waals surface area contributed by atoms with Crippen LogP contribution in [0.4, 0.5) is 5.95 Å². The lowest BCUT2D eigenvalue weighted by atomic mass is 10.2. The molecule has 0 amide bonds. The molecule has 2 atom stereocenters. The molecule has 1 aliphatic rings. The van der Waals surface area contributed by atoms with Gasteiger partial charge in [-0.2, -0.15) is 4.98 Å². The van der Waals surface area contributed by atoms with Crippen LogP contribution >= 0.6 is 0 Å². The standard InChI is InChI=1S/C7H12N4O/c1-4-2-3-5(12-4)6-9-7(8)11-10-6/h4-5H,2-3H2,1H3,(H3,8,9,10,11). The number of nitrogen functional groups attached to an aromatic ring is 1. The van der Waals surface area contributed by atoms with Gasteiger partial charge >= 0.3 is 0 Å². The van der Waals surface area contributed by atoms with Gasteiger partial charge in [0.1, 0.15) is 6.10 Å². The molecular formula is C7H12N4O. The first-order valence-corrected chi connectivity index (χ1v) is 4.09. The van der Waals surface area contributed by atoms with Gasteiger partial charge in [-0.1, -0.05) is 0 Å². The van der Waals surface area contributed by atoms with Crippen molar-refractivity contribution in [1.29, 1.82) is 0 Å². The Labute approximate surface area is 70.3 Å². The zero-order valence-corrected chi connectivity index (χ0v) is 6.95. The average molecular weight is 168 g/mol. The number of aromatic nitrogens is 3. The number of nitrogens with one attached hydrogen (secondary N) is 1. The van der Waals surface area contributed by atoms with E-state index in [-0.39, 0.29) is 12.1 Å². The lowest BCUT2D eigenvalue weighted by Crippen LogP contribution is -2.02. The molecule has 0 saturated carbocycles. The maximum absolute atomic E-state index is 5.57. The van der Waals surface area contributed by atoms with Gasteiger partial charge < -0.3 is 10.5 Å². The fourth-order valence-corrected chi connectivity index (χ4v) is 1.44. The van der Waals surface area contributed by atoms with Crippen LogP contribution in [-0.2, 0) is 4.74 Å². The highest BCUT2D eigenvalue weighted by atomic mass is 16.5. The third-order valence-corrected chi connectivity index (χ3v) is 2.06. The minimum absolute atomic E-state index is 0.0600. The highest BCUT2D eigenvalue weighted by molar-refractivity contribution is 5.13. The Balaban J connectivity index is 2.11. The second-order valence-electron chi connectivity index (χ2n) is 3.09. The van der Waals surface area contributed by atoms with Crippen LogP contribution in [0, 0.1) is 0 Å². The number of hydrogen-bond acceptors (Lipinski definition) is 4. The summed E-state index contributed by atoms with van der Waals surface area (Å²) in [5, 5.41) is 6.50. The number of hydrogen-bond donors (Lipinski definition) is 2. The summed E-state index contributed by atoms with van der Waals surface area (Å²) < 4.78 is 5.57.